The van der Waals surface area contributed by atoms with Gasteiger partial charge in [0.05, 0.1) is 23.1 Å². The second-order valence-electron chi connectivity index (χ2n) is 9.84. The van der Waals surface area contributed by atoms with Crippen LogP contribution in [0.3, 0.4) is 0 Å². The standard InChI is InChI=1S/C28H23F3N4O/c1-27(2)14-22-25(23(36)15-27)24(18-7-6-10-33-17-18)21(16-32)26(34-11-3-4-12-34)35(22)20-9-5-8-19(13-20)28(29,30)31/h3-13,17,24H,14-15H2,1-2H3/t24-/m1/s1. The molecule has 8 heteroatoms. The molecular weight excluding hydrogens is 465 g/mol. The lowest BCUT2D eigenvalue weighted by molar-refractivity contribution is -0.137. The molecule has 3 aromatic rings. The monoisotopic (exact) mass is 488 g/mol. The quantitative estimate of drug-likeness (QED) is 0.420. The summed E-state index contributed by atoms with van der Waals surface area (Å²) in [6.45, 7) is 3.94. The van der Waals surface area contributed by atoms with Crippen LogP contribution in [0.5, 0.6) is 0 Å². The van der Waals surface area contributed by atoms with Gasteiger partial charge in [0.25, 0.3) is 0 Å². The van der Waals surface area contributed by atoms with E-state index in [9.17, 15) is 23.2 Å². The van der Waals surface area contributed by atoms with Gasteiger partial charge in [-0.1, -0.05) is 26.0 Å². The summed E-state index contributed by atoms with van der Waals surface area (Å²) < 4.78 is 42.8. The molecule has 2 aromatic heterocycles. The zero-order valence-corrected chi connectivity index (χ0v) is 19.8. The molecule has 0 spiro atoms. The predicted octanol–water partition coefficient (Wildman–Crippen LogP) is 6.54. The van der Waals surface area contributed by atoms with Gasteiger partial charge in [0, 0.05) is 48.2 Å². The highest BCUT2D eigenvalue weighted by Crippen LogP contribution is 2.52. The molecule has 0 N–H and O–H groups in total. The van der Waals surface area contributed by atoms with Crippen LogP contribution in [-0.4, -0.2) is 15.3 Å². The van der Waals surface area contributed by atoms with E-state index in [-0.39, 0.29) is 23.5 Å². The number of anilines is 1. The Kier molecular flexibility index (Phi) is 5.59. The molecule has 0 bridgehead atoms. The van der Waals surface area contributed by atoms with Gasteiger partial charge in [-0.3, -0.25) is 14.7 Å². The average Bonchev–Trinajstić information content (AvgIpc) is 3.36. The van der Waals surface area contributed by atoms with Gasteiger partial charge in [-0.2, -0.15) is 18.4 Å². The maximum atomic E-state index is 13.7. The highest BCUT2D eigenvalue weighted by Gasteiger charge is 2.46. The predicted molar refractivity (Wildman–Crippen MR) is 129 cm³/mol. The summed E-state index contributed by atoms with van der Waals surface area (Å²) in [5.41, 5.74) is 1.01. The van der Waals surface area contributed by atoms with Crippen LogP contribution in [0.15, 0.2) is 90.2 Å². The normalized spacial score (nSPS) is 19.8. The van der Waals surface area contributed by atoms with Crippen molar-refractivity contribution in [2.75, 3.05) is 4.90 Å². The number of ketones is 1. The van der Waals surface area contributed by atoms with Crippen molar-refractivity contribution < 1.29 is 18.0 Å². The van der Waals surface area contributed by atoms with Crippen LogP contribution in [0, 0.1) is 16.7 Å². The lowest BCUT2D eigenvalue weighted by atomic mass is 9.68. The molecule has 5 rings (SSSR count). The van der Waals surface area contributed by atoms with Crippen LogP contribution in [0.1, 0.15) is 43.7 Å². The second-order valence-corrected chi connectivity index (χ2v) is 9.84. The highest BCUT2D eigenvalue weighted by atomic mass is 19.4. The van der Waals surface area contributed by atoms with E-state index in [2.05, 4.69) is 11.1 Å². The molecule has 0 unspecified atom stereocenters. The van der Waals surface area contributed by atoms with Gasteiger partial charge in [0.15, 0.2) is 5.78 Å². The van der Waals surface area contributed by atoms with Gasteiger partial charge in [0.2, 0.25) is 0 Å². The van der Waals surface area contributed by atoms with Crippen molar-refractivity contribution in [1.82, 2.24) is 9.55 Å². The number of hydrogen-bond donors (Lipinski definition) is 0. The van der Waals surface area contributed by atoms with Gasteiger partial charge >= 0.3 is 6.18 Å². The number of carbonyl (C=O) groups excluding carboxylic acids is 1. The van der Waals surface area contributed by atoms with Crippen molar-refractivity contribution in [3.63, 3.8) is 0 Å². The maximum absolute atomic E-state index is 13.7. The Morgan fingerprint density at radius 3 is 2.47 bits per heavy atom. The van der Waals surface area contributed by atoms with E-state index >= 15 is 0 Å². The molecule has 1 aromatic carbocycles. The molecular formula is C28H23F3N4O. The van der Waals surface area contributed by atoms with E-state index in [4.69, 9.17) is 0 Å². The van der Waals surface area contributed by atoms with Gasteiger partial charge in [-0.05, 0) is 53.8 Å². The molecule has 5 nitrogen and oxygen atoms in total. The third-order valence-electron chi connectivity index (χ3n) is 6.62. The number of benzene rings is 1. The molecule has 0 fully saturated rings. The Hall–Kier alpha value is -4.12. The van der Waals surface area contributed by atoms with Crippen molar-refractivity contribution in [2.24, 2.45) is 5.41 Å². The fraction of sp³-hybridized carbons (Fsp3) is 0.250. The smallest absolute Gasteiger partial charge is 0.309 e. The molecule has 182 valence electrons. The van der Waals surface area contributed by atoms with Crippen molar-refractivity contribution in [3.05, 3.63) is 101 Å². The SMILES string of the molecule is CC1(C)CC(=O)C2=C(C1)N(c1cccc(C(F)(F)F)c1)C(n1cccc1)=C(C#N)[C@H]2c1cccnc1. The van der Waals surface area contributed by atoms with Gasteiger partial charge < -0.3 is 4.57 Å². The van der Waals surface area contributed by atoms with E-state index in [0.717, 1.165) is 12.1 Å². The fourth-order valence-corrected chi connectivity index (χ4v) is 5.17. The van der Waals surface area contributed by atoms with Crippen LogP contribution in [0.4, 0.5) is 18.9 Å². The van der Waals surface area contributed by atoms with Crippen LogP contribution in [0.2, 0.25) is 0 Å². The lowest BCUT2D eigenvalue weighted by Gasteiger charge is -2.45. The Morgan fingerprint density at radius 1 is 1.08 bits per heavy atom. The molecule has 0 saturated heterocycles. The minimum atomic E-state index is -4.54. The summed E-state index contributed by atoms with van der Waals surface area (Å²) in [5, 5.41) is 10.4. The zero-order valence-electron chi connectivity index (χ0n) is 19.8. The van der Waals surface area contributed by atoms with Crippen molar-refractivity contribution >= 4 is 17.3 Å². The number of alkyl halides is 3. The Balaban J connectivity index is 1.86. The van der Waals surface area contributed by atoms with Crippen LogP contribution in [-0.2, 0) is 11.0 Å². The summed E-state index contributed by atoms with van der Waals surface area (Å²) in [4.78, 5) is 19.5. The Morgan fingerprint density at radius 2 is 1.83 bits per heavy atom. The van der Waals surface area contributed by atoms with Gasteiger partial charge in [-0.15, -0.1) is 0 Å². The van der Waals surface area contributed by atoms with E-state index in [1.54, 1.807) is 58.5 Å². The summed E-state index contributed by atoms with van der Waals surface area (Å²) >= 11 is 0. The molecule has 1 atom stereocenters. The molecule has 0 radical (unpaired) electrons. The topological polar surface area (TPSA) is 61.9 Å². The van der Waals surface area contributed by atoms with E-state index < -0.39 is 23.1 Å². The number of hydrogen-bond acceptors (Lipinski definition) is 4. The Bertz CT molecular complexity index is 1430. The van der Waals surface area contributed by atoms with Gasteiger partial charge in [-0.25, -0.2) is 0 Å². The van der Waals surface area contributed by atoms with E-state index in [1.807, 2.05) is 19.9 Å². The number of Topliss-reactive ketones (excluding diaryl/α,β-unsaturated/α-hetero) is 1. The molecule has 1 aliphatic carbocycles. The number of rotatable bonds is 3. The number of allylic oxidation sites excluding steroid dienone is 3. The maximum Gasteiger partial charge on any atom is 0.416 e. The van der Waals surface area contributed by atoms with Crippen LogP contribution < -0.4 is 4.90 Å². The van der Waals surface area contributed by atoms with Crippen molar-refractivity contribution in [1.29, 1.82) is 5.26 Å². The summed E-state index contributed by atoms with van der Waals surface area (Å²) in [7, 11) is 0. The summed E-state index contributed by atoms with van der Waals surface area (Å²) in [5.74, 6) is -0.395. The van der Waals surface area contributed by atoms with E-state index in [0.29, 0.717) is 29.1 Å². The van der Waals surface area contributed by atoms with Crippen molar-refractivity contribution in [2.45, 2.75) is 38.8 Å². The molecule has 0 amide bonds. The fourth-order valence-electron chi connectivity index (χ4n) is 5.17. The number of nitriles is 1. The summed E-state index contributed by atoms with van der Waals surface area (Å²) in [6, 6.07) is 14.4. The van der Waals surface area contributed by atoms with Crippen LogP contribution >= 0.6 is 0 Å². The number of halogens is 3. The first-order chi connectivity index (χ1) is 17.1. The molecule has 0 saturated carbocycles. The third kappa shape index (κ3) is 4.01. The number of nitrogens with zero attached hydrogens (tertiary/aromatic N) is 4. The molecule has 1 aliphatic heterocycles. The number of aromatic nitrogens is 2. The first-order valence-electron chi connectivity index (χ1n) is 11.5. The molecule has 36 heavy (non-hydrogen) atoms. The zero-order chi connectivity index (χ0) is 25.7. The third-order valence-corrected chi connectivity index (χ3v) is 6.62. The highest BCUT2D eigenvalue weighted by molar-refractivity contribution is 6.03. The average molecular weight is 489 g/mol. The second kappa shape index (κ2) is 8.52. The first-order valence-corrected chi connectivity index (χ1v) is 11.5. The minimum Gasteiger partial charge on any atom is -0.309 e. The van der Waals surface area contributed by atoms with E-state index in [1.165, 1.54) is 6.07 Å². The largest absolute Gasteiger partial charge is 0.416 e. The van der Waals surface area contributed by atoms with Gasteiger partial charge in [0.1, 0.15) is 5.82 Å². The summed E-state index contributed by atoms with van der Waals surface area (Å²) in [6.07, 6.45) is 2.92. The molecule has 3 heterocycles. The lowest BCUT2D eigenvalue weighted by Crippen LogP contribution is -2.40. The number of carbonyl (C=O) groups is 1. The molecule has 2 aliphatic rings. The number of pyridine rings is 1. The Labute approximate surface area is 206 Å². The van der Waals surface area contributed by atoms with Crippen molar-refractivity contribution in [3.8, 4) is 6.07 Å². The first kappa shape index (κ1) is 23.6. The minimum absolute atomic E-state index is 0.119. The van der Waals surface area contributed by atoms with Crippen LogP contribution in [0.25, 0.3) is 5.82 Å².